The second-order valence-electron chi connectivity index (χ2n) is 5.31. The fourth-order valence-corrected chi connectivity index (χ4v) is 2.71. The second kappa shape index (κ2) is 8.82. The second-order valence-corrected chi connectivity index (χ2v) is 6.34. The number of ether oxygens (including phenoxy) is 1. The Bertz CT molecular complexity index is 746. The van der Waals surface area contributed by atoms with E-state index in [1.54, 1.807) is 11.3 Å². The van der Waals surface area contributed by atoms with Crippen LogP contribution in [0, 0.1) is 0 Å². The number of rotatable bonds is 7. The molecule has 24 heavy (non-hydrogen) atoms. The van der Waals surface area contributed by atoms with Gasteiger partial charge in [-0.3, -0.25) is 0 Å². The molecule has 0 fully saturated rings. The first-order chi connectivity index (χ1) is 11.2. The predicted molar refractivity (Wildman–Crippen MR) is 97.9 cm³/mol. The molecule has 5 nitrogen and oxygen atoms in total. The van der Waals surface area contributed by atoms with Crippen molar-refractivity contribution in [2.24, 2.45) is 0 Å². The number of halogens is 1. The maximum Gasteiger partial charge on any atom is 0.258 e. The predicted octanol–water partition coefficient (Wildman–Crippen LogP) is 3.95. The highest BCUT2D eigenvalue weighted by atomic mass is 35.5. The highest BCUT2D eigenvalue weighted by Gasteiger charge is 2.11. The van der Waals surface area contributed by atoms with E-state index in [4.69, 9.17) is 9.26 Å². The van der Waals surface area contributed by atoms with Crippen LogP contribution in [0.5, 0.6) is 5.75 Å². The van der Waals surface area contributed by atoms with Gasteiger partial charge < -0.3 is 14.6 Å². The van der Waals surface area contributed by atoms with Crippen molar-refractivity contribution in [1.29, 1.82) is 0 Å². The third-order valence-corrected chi connectivity index (χ3v) is 4.34. The first kappa shape index (κ1) is 18.4. The van der Waals surface area contributed by atoms with E-state index in [1.165, 1.54) is 4.88 Å². The van der Waals surface area contributed by atoms with Crippen molar-refractivity contribution in [3.63, 3.8) is 0 Å². The van der Waals surface area contributed by atoms with Crippen LogP contribution in [-0.4, -0.2) is 23.2 Å². The first-order valence-corrected chi connectivity index (χ1v) is 8.38. The van der Waals surface area contributed by atoms with E-state index in [9.17, 15) is 0 Å². The molecule has 0 radical (unpaired) electrons. The summed E-state index contributed by atoms with van der Waals surface area (Å²) in [6, 6.07) is 12.1. The molecule has 3 aromatic rings. The quantitative estimate of drug-likeness (QED) is 0.687. The lowest BCUT2D eigenvalue weighted by Gasteiger charge is -2.05. The van der Waals surface area contributed by atoms with Gasteiger partial charge in [-0.05, 0) is 43.6 Å². The van der Waals surface area contributed by atoms with Gasteiger partial charge in [0.25, 0.3) is 5.89 Å². The standard InChI is InChI=1S/C17H19N3O2S.ClH/c1-12(18-2)9-16-19-17(22-20-16)13-5-3-6-14(10-13)21-11-15-7-4-8-23-15;/h3-8,10,12,18H,9,11H2,1-2H3;1H. The van der Waals surface area contributed by atoms with Crippen LogP contribution >= 0.6 is 23.7 Å². The highest BCUT2D eigenvalue weighted by molar-refractivity contribution is 7.09. The first-order valence-electron chi connectivity index (χ1n) is 7.50. The highest BCUT2D eigenvalue weighted by Crippen LogP contribution is 2.23. The number of hydrogen-bond donors (Lipinski definition) is 1. The number of benzene rings is 1. The minimum Gasteiger partial charge on any atom is -0.488 e. The molecule has 1 atom stereocenters. The minimum absolute atomic E-state index is 0. The summed E-state index contributed by atoms with van der Waals surface area (Å²) in [7, 11) is 1.92. The number of nitrogens with one attached hydrogen (secondary N) is 1. The number of likely N-dealkylation sites (N-methyl/N-ethyl adjacent to an activating group) is 1. The third-order valence-electron chi connectivity index (χ3n) is 3.49. The van der Waals surface area contributed by atoms with Gasteiger partial charge in [0, 0.05) is 22.9 Å². The molecule has 1 N–H and O–H groups in total. The molecule has 3 rings (SSSR count). The molecule has 1 aromatic carbocycles. The molecule has 0 bridgehead atoms. The molecule has 1 unspecified atom stereocenters. The average molecular weight is 366 g/mol. The Labute approximate surface area is 151 Å². The van der Waals surface area contributed by atoms with E-state index in [2.05, 4.69) is 28.4 Å². The third kappa shape index (κ3) is 4.80. The lowest BCUT2D eigenvalue weighted by Crippen LogP contribution is -2.24. The van der Waals surface area contributed by atoms with Crippen molar-refractivity contribution in [2.45, 2.75) is 26.0 Å². The van der Waals surface area contributed by atoms with Gasteiger partial charge in [0.15, 0.2) is 5.82 Å². The molecule has 0 aliphatic heterocycles. The van der Waals surface area contributed by atoms with Gasteiger partial charge in [-0.1, -0.05) is 17.3 Å². The zero-order chi connectivity index (χ0) is 16.1. The van der Waals surface area contributed by atoms with Gasteiger partial charge in [0.2, 0.25) is 0 Å². The topological polar surface area (TPSA) is 60.2 Å². The van der Waals surface area contributed by atoms with Crippen LogP contribution in [0.25, 0.3) is 11.5 Å². The maximum absolute atomic E-state index is 5.81. The molecule has 2 heterocycles. The summed E-state index contributed by atoms with van der Waals surface area (Å²) in [6.07, 6.45) is 0.731. The van der Waals surface area contributed by atoms with Crippen molar-refractivity contribution in [2.75, 3.05) is 7.05 Å². The summed E-state index contributed by atoms with van der Waals surface area (Å²) in [6.45, 7) is 2.64. The largest absolute Gasteiger partial charge is 0.488 e. The Morgan fingerprint density at radius 1 is 1.29 bits per heavy atom. The molecular weight excluding hydrogens is 346 g/mol. The molecule has 7 heteroatoms. The molecular formula is C17H20ClN3O2S. The average Bonchev–Trinajstić information content (AvgIpc) is 3.25. The van der Waals surface area contributed by atoms with Gasteiger partial charge in [-0.25, -0.2) is 0 Å². The van der Waals surface area contributed by atoms with Crippen LogP contribution in [0.3, 0.4) is 0 Å². The van der Waals surface area contributed by atoms with Crippen LogP contribution < -0.4 is 10.1 Å². The van der Waals surface area contributed by atoms with E-state index in [0.29, 0.717) is 24.4 Å². The van der Waals surface area contributed by atoms with Crippen molar-refractivity contribution < 1.29 is 9.26 Å². The van der Waals surface area contributed by atoms with Crippen LogP contribution in [0.15, 0.2) is 46.3 Å². The Morgan fingerprint density at radius 2 is 2.17 bits per heavy atom. The summed E-state index contributed by atoms with van der Waals surface area (Å²) in [5.41, 5.74) is 0.865. The molecule has 128 valence electrons. The molecule has 0 saturated heterocycles. The van der Waals surface area contributed by atoms with Gasteiger partial charge in [-0.15, -0.1) is 23.7 Å². The molecule has 0 amide bonds. The smallest absolute Gasteiger partial charge is 0.258 e. The van der Waals surface area contributed by atoms with Crippen LogP contribution in [-0.2, 0) is 13.0 Å². The lowest BCUT2D eigenvalue weighted by molar-refractivity contribution is 0.310. The summed E-state index contributed by atoms with van der Waals surface area (Å²) in [5.74, 6) is 2.01. The fourth-order valence-electron chi connectivity index (χ4n) is 2.10. The van der Waals surface area contributed by atoms with Crippen molar-refractivity contribution in [3.05, 3.63) is 52.5 Å². The van der Waals surface area contributed by atoms with E-state index in [1.807, 2.05) is 42.8 Å². The van der Waals surface area contributed by atoms with Crippen LogP contribution in [0.2, 0.25) is 0 Å². The zero-order valence-corrected chi connectivity index (χ0v) is 15.2. The van der Waals surface area contributed by atoms with Crippen molar-refractivity contribution in [3.8, 4) is 17.2 Å². The number of thiophene rings is 1. The van der Waals surface area contributed by atoms with Crippen LogP contribution in [0.1, 0.15) is 17.6 Å². The molecule has 0 saturated carbocycles. The fraction of sp³-hybridized carbons (Fsp3) is 0.294. The minimum atomic E-state index is 0. The summed E-state index contributed by atoms with van der Waals surface area (Å²) in [4.78, 5) is 5.64. The van der Waals surface area contributed by atoms with Gasteiger partial charge in [0.05, 0.1) is 0 Å². The molecule has 0 aliphatic rings. The van der Waals surface area contributed by atoms with Crippen molar-refractivity contribution in [1.82, 2.24) is 15.5 Å². The van der Waals surface area contributed by atoms with E-state index in [0.717, 1.165) is 17.7 Å². The van der Waals surface area contributed by atoms with E-state index in [-0.39, 0.29) is 12.4 Å². The SMILES string of the molecule is CNC(C)Cc1noc(-c2cccc(OCc3cccs3)c2)n1.Cl. The monoisotopic (exact) mass is 365 g/mol. The zero-order valence-electron chi connectivity index (χ0n) is 13.6. The normalized spacial score (nSPS) is 11.8. The summed E-state index contributed by atoms with van der Waals surface area (Å²) >= 11 is 1.68. The Balaban J connectivity index is 0.00000208. The molecule has 2 aromatic heterocycles. The number of nitrogens with zero attached hydrogens (tertiary/aromatic N) is 2. The van der Waals surface area contributed by atoms with Gasteiger partial charge in [0.1, 0.15) is 12.4 Å². The Kier molecular flexibility index (Phi) is 6.78. The lowest BCUT2D eigenvalue weighted by atomic mass is 10.2. The Morgan fingerprint density at radius 3 is 2.92 bits per heavy atom. The molecule has 0 spiro atoms. The maximum atomic E-state index is 5.81. The molecule has 0 aliphatic carbocycles. The van der Waals surface area contributed by atoms with Crippen molar-refractivity contribution >= 4 is 23.7 Å². The van der Waals surface area contributed by atoms with E-state index < -0.39 is 0 Å². The van der Waals surface area contributed by atoms with Gasteiger partial charge >= 0.3 is 0 Å². The number of aromatic nitrogens is 2. The van der Waals surface area contributed by atoms with E-state index >= 15 is 0 Å². The van der Waals surface area contributed by atoms with Crippen LogP contribution in [0.4, 0.5) is 0 Å². The summed E-state index contributed by atoms with van der Waals surface area (Å²) < 4.78 is 11.2. The number of hydrogen-bond acceptors (Lipinski definition) is 6. The summed E-state index contributed by atoms with van der Waals surface area (Å²) in [5, 5.41) is 9.24. The van der Waals surface area contributed by atoms with Gasteiger partial charge in [-0.2, -0.15) is 4.98 Å². The Hall–Kier alpha value is -1.89.